The topological polar surface area (TPSA) is 62.6 Å². The molecular formula is C14H16N2O3. The number of carbonyl (C=O) groups excluding carboxylic acids is 1. The van der Waals surface area contributed by atoms with Crippen LogP contribution in [0.3, 0.4) is 0 Å². The van der Waals surface area contributed by atoms with Crippen LogP contribution in [-0.4, -0.2) is 37.6 Å². The molecule has 1 aliphatic heterocycles. The standard InChI is InChI=1S/C14H16N2O3/c1-18-11-5-6-13(19-2)12(8-11)14(17)16-7-3-4-10(16)9-15/h5-6,8,10H,3-4,7H2,1-2H3. The highest BCUT2D eigenvalue weighted by Gasteiger charge is 2.30. The van der Waals surface area contributed by atoms with Crippen molar-refractivity contribution < 1.29 is 14.3 Å². The molecule has 1 fully saturated rings. The van der Waals surface area contributed by atoms with Crippen LogP contribution in [0, 0.1) is 11.3 Å². The van der Waals surface area contributed by atoms with Crippen LogP contribution in [0.2, 0.25) is 0 Å². The molecule has 0 spiro atoms. The lowest BCUT2D eigenvalue weighted by molar-refractivity contribution is 0.0761. The predicted molar refractivity (Wildman–Crippen MR) is 69.2 cm³/mol. The molecule has 0 aliphatic carbocycles. The van der Waals surface area contributed by atoms with E-state index in [0.29, 0.717) is 23.6 Å². The van der Waals surface area contributed by atoms with Crippen molar-refractivity contribution in [3.63, 3.8) is 0 Å². The van der Waals surface area contributed by atoms with Crippen LogP contribution in [0.1, 0.15) is 23.2 Å². The van der Waals surface area contributed by atoms with Crippen LogP contribution in [0.4, 0.5) is 0 Å². The van der Waals surface area contributed by atoms with Gasteiger partial charge in [0.1, 0.15) is 17.5 Å². The Bertz CT molecular complexity index is 522. The lowest BCUT2D eigenvalue weighted by Crippen LogP contribution is -2.34. The number of ether oxygens (including phenoxy) is 2. The molecule has 1 aromatic rings. The number of rotatable bonds is 3. The zero-order valence-corrected chi connectivity index (χ0v) is 11.0. The molecule has 0 aromatic heterocycles. The van der Waals surface area contributed by atoms with Crippen LogP contribution >= 0.6 is 0 Å². The number of nitriles is 1. The van der Waals surface area contributed by atoms with E-state index in [4.69, 9.17) is 14.7 Å². The van der Waals surface area contributed by atoms with Gasteiger partial charge in [-0.1, -0.05) is 0 Å². The monoisotopic (exact) mass is 260 g/mol. The van der Waals surface area contributed by atoms with Crippen molar-refractivity contribution in [2.45, 2.75) is 18.9 Å². The Kier molecular flexibility index (Phi) is 3.91. The van der Waals surface area contributed by atoms with Gasteiger partial charge < -0.3 is 14.4 Å². The second-order valence-electron chi connectivity index (χ2n) is 4.35. The normalized spacial score (nSPS) is 17.9. The van der Waals surface area contributed by atoms with E-state index in [0.717, 1.165) is 12.8 Å². The SMILES string of the molecule is COc1ccc(OC)c(C(=O)N2CCCC2C#N)c1. The van der Waals surface area contributed by atoms with Gasteiger partial charge in [0.25, 0.3) is 5.91 Å². The van der Waals surface area contributed by atoms with Crippen molar-refractivity contribution in [2.24, 2.45) is 0 Å². The molecule has 1 aliphatic rings. The van der Waals surface area contributed by atoms with Crippen LogP contribution < -0.4 is 9.47 Å². The predicted octanol–water partition coefficient (Wildman–Crippen LogP) is 1.83. The van der Waals surface area contributed by atoms with Gasteiger partial charge in [-0.3, -0.25) is 4.79 Å². The quantitative estimate of drug-likeness (QED) is 0.831. The summed E-state index contributed by atoms with van der Waals surface area (Å²) in [5.41, 5.74) is 0.434. The van der Waals surface area contributed by atoms with E-state index in [2.05, 4.69) is 6.07 Å². The van der Waals surface area contributed by atoms with Crippen molar-refractivity contribution >= 4 is 5.91 Å². The average Bonchev–Trinajstić information content (AvgIpc) is 2.94. The van der Waals surface area contributed by atoms with Crippen LogP contribution in [-0.2, 0) is 0 Å². The molecule has 0 N–H and O–H groups in total. The van der Waals surface area contributed by atoms with Gasteiger partial charge in [0.05, 0.1) is 25.9 Å². The van der Waals surface area contributed by atoms with Gasteiger partial charge in [-0.25, -0.2) is 0 Å². The number of benzene rings is 1. The lowest BCUT2D eigenvalue weighted by atomic mass is 10.1. The fourth-order valence-corrected chi connectivity index (χ4v) is 2.28. The van der Waals surface area contributed by atoms with Crippen molar-refractivity contribution in [3.05, 3.63) is 23.8 Å². The second-order valence-corrected chi connectivity index (χ2v) is 4.35. The van der Waals surface area contributed by atoms with Gasteiger partial charge in [0.2, 0.25) is 0 Å². The number of likely N-dealkylation sites (tertiary alicyclic amines) is 1. The Morgan fingerprint density at radius 2 is 2.21 bits per heavy atom. The molecule has 1 amide bonds. The fraction of sp³-hybridized carbons (Fsp3) is 0.429. The van der Waals surface area contributed by atoms with Crippen molar-refractivity contribution in [1.82, 2.24) is 4.90 Å². The van der Waals surface area contributed by atoms with Gasteiger partial charge in [-0.05, 0) is 31.0 Å². The molecule has 1 saturated heterocycles. The summed E-state index contributed by atoms with van der Waals surface area (Å²) in [4.78, 5) is 14.1. The van der Waals surface area contributed by atoms with Gasteiger partial charge in [-0.2, -0.15) is 5.26 Å². The van der Waals surface area contributed by atoms with Gasteiger partial charge in [0, 0.05) is 6.54 Å². The largest absolute Gasteiger partial charge is 0.497 e. The first-order chi connectivity index (χ1) is 9.21. The number of carbonyl (C=O) groups is 1. The third-order valence-electron chi connectivity index (χ3n) is 3.30. The summed E-state index contributed by atoms with van der Waals surface area (Å²) in [6.07, 6.45) is 1.59. The molecule has 100 valence electrons. The molecule has 0 bridgehead atoms. The highest BCUT2D eigenvalue weighted by Crippen LogP contribution is 2.28. The van der Waals surface area contributed by atoms with E-state index < -0.39 is 0 Å². The molecule has 2 rings (SSSR count). The molecule has 19 heavy (non-hydrogen) atoms. The Morgan fingerprint density at radius 3 is 2.84 bits per heavy atom. The zero-order chi connectivity index (χ0) is 13.8. The Hall–Kier alpha value is -2.22. The van der Waals surface area contributed by atoms with E-state index in [9.17, 15) is 4.79 Å². The van der Waals surface area contributed by atoms with E-state index in [1.807, 2.05) is 0 Å². The number of methoxy groups -OCH3 is 2. The molecule has 0 saturated carbocycles. The zero-order valence-electron chi connectivity index (χ0n) is 11.0. The summed E-state index contributed by atoms with van der Waals surface area (Å²) in [6, 6.07) is 6.90. The third kappa shape index (κ3) is 2.48. The van der Waals surface area contributed by atoms with Crippen molar-refractivity contribution in [1.29, 1.82) is 5.26 Å². The minimum Gasteiger partial charge on any atom is -0.497 e. The van der Waals surface area contributed by atoms with E-state index in [1.54, 1.807) is 30.2 Å². The Morgan fingerprint density at radius 1 is 1.42 bits per heavy atom. The summed E-state index contributed by atoms with van der Waals surface area (Å²) in [5.74, 6) is 0.908. The average molecular weight is 260 g/mol. The fourth-order valence-electron chi connectivity index (χ4n) is 2.28. The van der Waals surface area contributed by atoms with Gasteiger partial charge >= 0.3 is 0 Å². The first kappa shape index (κ1) is 13.2. The van der Waals surface area contributed by atoms with E-state index in [1.165, 1.54) is 7.11 Å². The number of hydrogen-bond donors (Lipinski definition) is 0. The molecule has 1 unspecified atom stereocenters. The summed E-state index contributed by atoms with van der Waals surface area (Å²) in [6.45, 7) is 0.609. The van der Waals surface area contributed by atoms with Crippen LogP contribution in [0.25, 0.3) is 0 Å². The first-order valence-corrected chi connectivity index (χ1v) is 6.14. The lowest BCUT2D eigenvalue weighted by Gasteiger charge is -2.21. The maximum absolute atomic E-state index is 12.5. The summed E-state index contributed by atoms with van der Waals surface area (Å²) in [7, 11) is 3.06. The number of hydrogen-bond acceptors (Lipinski definition) is 4. The highest BCUT2D eigenvalue weighted by molar-refractivity contribution is 5.98. The maximum atomic E-state index is 12.5. The summed E-state index contributed by atoms with van der Waals surface area (Å²) in [5, 5.41) is 9.06. The van der Waals surface area contributed by atoms with E-state index in [-0.39, 0.29) is 11.9 Å². The van der Waals surface area contributed by atoms with Crippen molar-refractivity contribution in [3.8, 4) is 17.6 Å². The Balaban J connectivity index is 2.35. The van der Waals surface area contributed by atoms with Gasteiger partial charge in [-0.15, -0.1) is 0 Å². The molecule has 1 heterocycles. The highest BCUT2D eigenvalue weighted by atomic mass is 16.5. The van der Waals surface area contributed by atoms with Crippen LogP contribution in [0.5, 0.6) is 11.5 Å². The molecule has 1 aromatic carbocycles. The summed E-state index contributed by atoms with van der Waals surface area (Å²) >= 11 is 0. The van der Waals surface area contributed by atoms with Crippen molar-refractivity contribution in [2.75, 3.05) is 20.8 Å². The Labute approximate surface area is 112 Å². The smallest absolute Gasteiger partial charge is 0.258 e. The molecular weight excluding hydrogens is 244 g/mol. The van der Waals surface area contributed by atoms with E-state index >= 15 is 0 Å². The first-order valence-electron chi connectivity index (χ1n) is 6.14. The van der Waals surface area contributed by atoms with Crippen LogP contribution in [0.15, 0.2) is 18.2 Å². The maximum Gasteiger partial charge on any atom is 0.258 e. The second kappa shape index (κ2) is 5.61. The molecule has 5 heteroatoms. The third-order valence-corrected chi connectivity index (χ3v) is 3.30. The minimum absolute atomic E-state index is 0.181. The molecule has 0 radical (unpaired) electrons. The molecule has 1 atom stereocenters. The molecule has 5 nitrogen and oxygen atoms in total. The minimum atomic E-state index is -0.344. The number of amides is 1. The number of nitrogens with zero attached hydrogens (tertiary/aromatic N) is 2. The summed E-state index contributed by atoms with van der Waals surface area (Å²) < 4.78 is 10.3. The van der Waals surface area contributed by atoms with Gasteiger partial charge in [0.15, 0.2) is 0 Å².